The summed E-state index contributed by atoms with van der Waals surface area (Å²) in [6.07, 6.45) is 6.89. The highest BCUT2D eigenvalue weighted by molar-refractivity contribution is 5.84. The fraction of sp³-hybridized carbons (Fsp3) is 0.125. The Morgan fingerprint density at radius 1 is 1.25 bits per heavy atom. The van der Waals surface area contributed by atoms with Gasteiger partial charge < -0.3 is 0 Å². The van der Waals surface area contributed by atoms with Crippen LogP contribution < -0.4 is 0 Å². The van der Waals surface area contributed by atoms with Crippen LogP contribution in [0.25, 0.3) is 5.57 Å². The molecule has 2 rings (SSSR count). The zero-order chi connectivity index (χ0) is 11.5. The average Bonchev–Trinajstić information content (AvgIpc) is 2.29. The zero-order valence-corrected chi connectivity index (χ0v) is 9.66. The number of hydrogen-bond acceptors (Lipinski definition) is 0. The van der Waals surface area contributed by atoms with Crippen molar-refractivity contribution in [1.82, 2.24) is 0 Å². The molecule has 0 heterocycles. The van der Waals surface area contributed by atoms with E-state index in [1.165, 1.54) is 22.3 Å². The molecule has 0 bridgehead atoms. The smallest absolute Gasteiger partial charge is 0.00545 e. The largest absolute Gasteiger partial charge is 0.0991 e. The fourth-order valence-electron chi connectivity index (χ4n) is 2.16. The van der Waals surface area contributed by atoms with Gasteiger partial charge in [0.05, 0.1) is 0 Å². The second-order valence-electron chi connectivity index (χ2n) is 4.10. The van der Waals surface area contributed by atoms with Crippen molar-refractivity contribution in [3.05, 3.63) is 77.9 Å². The quantitative estimate of drug-likeness (QED) is 0.635. The number of fused-ring (bicyclic) bond motifs is 1. The third-order valence-corrected chi connectivity index (χ3v) is 2.98. The standard InChI is InChI=1S/C16H16/c1-4-5-9-15-12(2)11-14-8-6-7-10-16(14)13(15)3/h4-10H,1,3,11H2,2H3/b9-5-. The van der Waals surface area contributed by atoms with E-state index in [4.69, 9.17) is 0 Å². The molecule has 0 aromatic heterocycles. The second kappa shape index (κ2) is 4.36. The molecule has 0 unspecified atom stereocenters. The van der Waals surface area contributed by atoms with Crippen LogP contribution in [0.5, 0.6) is 0 Å². The summed E-state index contributed by atoms with van der Waals surface area (Å²) in [4.78, 5) is 0. The molecule has 0 atom stereocenters. The predicted octanol–water partition coefficient (Wildman–Crippen LogP) is 4.31. The van der Waals surface area contributed by atoms with E-state index in [-0.39, 0.29) is 0 Å². The van der Waals surface area contributed by atoms with Gasteiger partial charge in [0.25, 0.3) is 0 Å². The van der Waals surface area contributed by atoms with Gasteiger partial charge in [0.15, 0.2) is 0 Å². The van der Waals surface area contributed by atoms with Crippen molar-refractivity contribution in [2.24, 2.45) is 0 Å². The first kappa shape index (κ1) is 10.7. The Morgan fingerprint density at radius 3 is 2.75 bits per heavy atom. The molecule has 1 aliphatic carbocycles. The third-order valence-electron chi connectivity index (χ3n) is 2.98. The molecule has 0 spiro atoms. The van der Waals surface area contributed by atoms with Crippen LogP contribution in [-0.2, 0) is 6.42 Å². The van der Waals surface area contributed by atoms with Gasteiger partial charge >= 0.3 is 0 Å². The van der Waals surface area contributed by atoms with Gasteiger partial charge in [-0.1, -0.05) is 61.2 Å². The topological polar surface area (TPSA) is 0 Å². The maximum atomic E-state index is 4.20. The molecule has 0 saturated carbocycles. The van der Waals surface area contributed by atoms with E-state index in [2.05, 4.69) is 50.4 Å². The molecule has 0 radical (unpaired) electrons. The van der Waals surface area contributed by atoms with Crippen LogP contribution in [-0.4, -0.2) is 0 Å². The van der Waals surface area contributed by atoms with E-state index >= 15 is 0 Å². The average molecular weight is 208 g/mol. The normalized spacial score (nSPS) is 15.4. The molecule has 0 amide bonds. The van der Waals surface area contributed by atoms with Gasteiger partial charge in [-0.25, -0.2) is 0 Å². The minimum atomic E-state index is 1.02. The highest BCUT2D eigenvalue weighted by Crippen LogP contribution is 2.34. The number of benzene rings is 1. The second-order valence-corrected chi connectivity index (χ2v) is 4.10. The molecule has 0 N–H and O–H groups in total. The first-order valence-electron chi connectivity index (χ1n) is 5.50. The first-order chi connectivity index (χ1) is 7.74. The zero-order valence-electron chi connectivity index (χ0n) is 9.66. The van der Waals surface area contributed by atoms with Crippen LogP contribution in [0.4, 0.5) is 0 Å². The van der Waals surface area contributed by atoms with Crippen molar-refractivity contribution in [1.29, 1.82) is 0 Å². The summed E-state index contributed by atoms with van der Waals surface area (Å²) < 4.78 is 0. The Labute approximate surface area is 97.3 Å². The van der Waals surface area contributed by atoms with Gasteiger partial charge in [-0.15, -0.1) is 0 Å². The van der Waals surface area contributed by atoms with Gasteiger partial charge in [0, 0.05) is 0 Å². The highest BCUT2D eigenvalue weighted by Gasteiger charge is 2.16. The Bertz CT molecular complexity index is 499. The van der Waals surface area contributed by atoms with Crippen LogP contribution in [0.15, 0.2) is 66.8 Å². The van der Waals surface area contributed by atoms with Crippen molar-refractivity contribution < 1.29 is 0 Å². The molecule has 0 fully saturated rings. The van der Waals surface area contributed by atoms with Crippen molar-refractivity contribution >= 4 is 5.57 Å². The van der Waals surface area contributed by atoms with E-state index < -0.39 is 0 Å². The summed E-state index contributed by atoms with van der Waals surface area (Å²) in [5.41, 5.74) is 6.40. The molecule has 80 valence electrons. The molecular weight excluding hydrogens is 192 g/mol. The number of allylic oxidation sites excluding steroid dienone is 6. The highest BCUT2D eigenvalue weighted by atomic mass is 14.2. The minimum absolute atomic E-state index is 1.02. The lowest BCUT2D eigenvalue weighted by atomic mass is 9.83. The van der Waals surface area contributed by atoms with Gasteiger partial charge in [0.1, 0.15) is 0 Å². The molecular formula is C16H16. The van der Waals surface area contributed by atoms with Gasteiger partial charge in [-0.05, 0) is 35.6 Å². The van der Waals surface area contributed by atoms with Crippen molar-refractivity contribution in [3.63, 3.8) is 0 Å². The minimum Gasteiger partial charge on any atom is -0.0991 e. The summed E-state index contributed by atoms with van der Waals surface area (Å²) in [6, 6.07) is 8.48. The van der Waals surface area contributed by atoms with Gasteiger partial charge in [-0.2, -0.15) is 0 Å². The summed E-state index contributed by atoms with van der Waals surface area (Å²) in [7, 11) is 0. The lowest BCUT2D eigenvalue weighted by molar-refractivity contribution is 1.09. The first-order valence-corrected chi connectivity index (χ1v) is 5.50. The van der Waals surface area contributed by atoms with Crippen LogP contribution in [0.3, 0.4) is 0 Å². The Balaban J connectivity index is 2.47. The Kier molecular flexibility index (Phi) is 2.91. The fourth-order valence-corrected chi connectivity index (χ4v) is 2.16. The molecule has 0 saturated heterocycles. The lowest BCUT2D eigenvalue weighted by Crippen LogP contribution is -2.04. The van der Waals surface area contributed by atoms with E-state index in [0.717, 1.165) is 12.0 Å². The van der Waals surface area contributed by atoms with E-state index in [0.29, 0.717) is 0 Å². The van der Waals surface area contributed by atoms with Crippen LogP contribution >= 0.6 is 0 Å². The monoisotopic (exact) mass is 208 g/mol. The Morgan fingerprint density at radius 2 is 2.00 bits per heavy atom. The van der Waals surface area contributed by atoms with E-state index in [9.17, 15) is 0 Å². The SMILES string of the molecule is C=C/C=C\C1=C(C)Cc2ccccc2C1=C. The molecule has 0 aliphatic heterocycles. The van der Waals surface area contributed by atoms with Crippen molar-refractivity contribution in [3.8, 4) is 0 Å². The summed E-state index contributed by atoms with van der Waals surface area (Å²) in [6.45, 7) is 10.1. The van der Waals surface area contributed by atoms with Crippen LogP contribution in [0, 0.1) is 0 Å². The summed E-state index contributed by atoms with van der Waals surface area (Å²) in [5, 5.41) is 0. The summed E-state index contributed by atoms with van der Waals surface area (Å²) in [5.74, 6) is 0. The van der Waals surface area contributed by atoms with Gasteiger partial charge in [-0.3, -0.25) is 0 Å². The predicted molar refractivity (Wildman–Crippen MR) is 71.2 cm³/mol. The molecule has 1 aromatic carbocycles. The molecule has 1 aromatic rings. The Hall–Kier alpha value is -1.82. The molecule has 0 nitrogen and oxygen atoms in total. The molecule has 0 heteroatoms. The third kappa shape index (κ3) is 1.79. The van der Waals surface area contributed by atoms with E-state index in [1.54, 1.807) is 6.08 Å². The molecule has 16 heavy (non-hydrogen) atoms. The van der Waals surface area contributed by atoms with E-state index in [1.807, 2.05) is 6.08 Å². The maximum absolute atomic E-state index is 4.20. The summed E-state index contributed by atoms with van der Waals surface area (Å²) >= 11 is 0. The van der Waals surface area contributed by atoms with Crippen LogP contribution in [0.2, 0.25) is 0 Å². The molecule has 1 aliphatic rings. The van der Waals surface area contributed by atoms with Gasteiger partial charge in [0.2, 0.25) is 0 Å². The number of hydrogen-bond donors (Lipinski definition) is 0. The maximum Gasteiger partial charge on any atom is -0.00545 e. The lowest BCUT2D eigenvalue weighted by Gasteiger charge is -2.21. The van der Waals surface area contributed by atoms with Crippen molar-refractivity contribution in [2.75, 3.05) is 0 Å². The van der Waals surface area contributed by atoms with Crippen molar-refractivity contribution in [2.45, 2.75) is 13.3 Å². The number of rotatable bonds is 2. The van der Waals surface area contributed by atoms with Crippen LogP contribution in [0.1, 0.15) is 18.1 Å².